The lowest BCUT2D eigenvalue weighted by Crippen LogP contribution is -2.09. The van der Waals surface area contributed by atoms with Crippen molar-refractivity contribution >= 4 is 29.0 Å². The van der Waals surface area contributed by atoms with Crippen LogP contribution in [-0.4, -0.2) is 10.8 Å². The second kappa shape index (κ2) is 6.18. The predicted molar refractivity (Wildman–Crippen MR) is 78.1 cm³/mol. The molecule has 0 fully saturated rings. The lowest BCUT2D eigenvalue weighted by atomic mass is 10.0. The first-order valence-corrected chi connectivity index (χ1v) is 6.79. The molecule has 2 nitrogen and oxygen atoms in total. The first-order chi connectivity index (χ1) is 9.13. The van der Waals surface area contributed by atoms with Gasteiger partial charge in [0.1, 0.15) is 5.69 Å². The molecule has 1 heterocycles. The van der Waals surface area contributed by atoms with Crippen molar-refractivity contribution in [1.82, 2.24) is 4.98 Å². The normalized spacial score (nSPS) is 10.5. The van der Waals surface area contributed by atoms with E-state index in [1.54, 1.807) is 24.4 Å². The Morgan fingerprint density at radius 1 is 1.16 bits per heavy atom. The van der Waals surface area contributed by atoms with Crippen molar-refractivity contribution in [3.05, 3.63) is 63.4 Å². The fourth-order valence-corrected chi connectivity index (χ4v) is 2.30. The van der Waals surface area contributed by atoms with Crippen LogP contribution in [0.4, 0.5) is 0 Å². The van der Waals surface area contributed by atoms with Crippen LogP contribution in [0.1, 0.15) is 28.5 Å². The third-order valence-corrected chi connectivity index (χ3v) is 3.78. The minimum atomic E-state index is -0.0402. The number of rotatable bonds is 4. The van der Waals surface area contributed by atoms with E-state index in [1.165, 1.54) is 0 Å². The van der Waals surface area contributed by atoms with Gasteiger partial charge in [-0.15, -0.1) is 0 Å². The van der Waals surface area contributed by atoms with Gasteiger partial charge in [-0.25, -0.2) is 0 Å². The summed E-state index contributed by atoms with van der Waals surface area (Å²) in [4.78, 5) is 16.5. The molecule has 0 aliphatic rings. The van der Waals surface area contributed by atoms with Crippen LogP contribution >= 0.6 is 23.2 Å². The summed E-state index contributed by atoms with van der Waals surface area (Å²) in [6.07, 6.45) is 2.62. The van der Waals surface area contributed by atoms with Crippen LogP contribution < -0.4 is 0 Å². The maximum atomic E-state index is 12.3. The summed E-state index contributed by atoms with van der Waals surface area (Å²) < 4.78 is 0. The van der Waals surface area contributed by atoms with Crippen molar-refractivity contribution in [2.45, 2.75) is 19.8 Å². The van der Waals surface area contributed by atoms with Gasteiger partial charge in [-0.3, -0.25) is 9.78 Å². The number of aryl methyl sites for hydroxylation is 1. The van der Waals surface area contributed by atoms with E-state index in [-0.39, 0.29) is 12.2 Å². The van der Waals surface area contributed by atoms with Gasteiger partial charge in [-0.1, -0.05) is 48.3 Å². The Labute approximate surface area is 122 Å². The number of aromatic nitrogens is 1. The summed E-state index contributed by atoms with van der Waals surface area (Å²) in [6.45, 7) is 2.00. The average Bonchev–Trinajstić information content (AvgIpc) is 2.43. The Balaban J connectivity index is 2.28. The molecule has 0 spiro atoms. The van der Waals surface area contributed by atoms with Gasteiger partial charge in [0.15, 0.2) is 5.78 Å². The van der Waals surface area contributed by atoms with Gasteiger partial charge in [0.25, 0.3) is 0 Å². The van der Waals surface area contributed by atoms with Crippen LogP contribution in [0.5, 0.6) is 0 Å². The molecule has 0 saturated carbocycles. The monoisotopic (exact) mass is 293 g/mol. The van der Waals surface area contributed by atoms with Crippen molar-refractivity contribution in [2.75, 3.05) is 0 Å². The minimum Gasteiger partial charge on any atom is -0.292 e. The summed E-state index contributed by atoms with van der Waals surface area (Å²) in [7, 11) is 0. The molecule has 2 aromatic rings. The van der Waals surface area contributed by atoms with Crippen LogP contribution in [0.25, 0.3) is 0 Å². The van der Waals surface area contributed by atoms with Crippen LogP contribution in [-0.2, 0) is 12.8 Å². The molecule has 0 N–H and O–H groups in total. The number of halogens is 2. The second-order valence-electron chi connectivity index (χ2n) is 4.18. The Morgan fingerprint density at radius 2 is 1.89 bits per heavy atom. The number of ketones is 1. The molecule has 0 radical (unpaired) electrons. The molecule has 0 amide bonds. The molecule has 4 heteroatoms. The second-order valence-corrected chi connectivity index (χ2v) is 4.96. The molecule has 0 atom stereocenters. The van der Waals surface area contributed by atoms with Gasteiger partial charge in [0, 0.05) is 12.6 Å². The molecule has 98 valence electrons. The number of nitrogens with zero attached hydrogens (tertiary/aromatic N) is 1. The number of Topliss-reactive ketones (excluding diaryl/α,β-unsaturated/α-hetero) is 1. The fourth-order valence-electron chi connectivity index (χ4n) is 1.92. The number of carbonyl (C=O) groups is 1. The largest absolute Gasteiger partial charge is 0.292 e. The molecular formula is C15H13Cl2NO. The number of pyridine rings is 1. The van der Waals surface area contributed by atoms with Crippen molar-refractivity contribution < 1.29 is 4.79 Å². The zero-order valence-corrected chi connectivity index (χ0v) is 12.0. The average molecular weight is 294 g/mol. The van der Waals surface area contributed by atoms with Crippen LogP contribution in [0, 0.1) is 0 Å². The van der Waals surface area contributed by atoms with Crippen molar-refractivity contribution in [1.29, 1.82) is 0 Å². The van der Waals surface area contributed by atoms with Gasteiger partial charge in [0.2, 0.25) is 0 Å². The summed E-state index contributed by atoms with van der Waals surface area (Å²) in [6, 6.07) is 9.05. The Bertz CT molecular complexity index is 611. The fraction of sp³-hybridized carbons (Fsp3) is 0.200. The van der Waals surface area contributed by atoms with E-state index >= 15 is 0 Å². The highest BCUT2D eigenvalue weighted by molar-refractivity contribution is 6.42. The van der Waals surface area contributed by atoms with Gasteiger partial charge in [0.05, 0.1) is 10.0 Å². The summed E-state index contributed by atoms with van der Waals surface area (Å²) in [5.41, 5.74) is 2.19. The molecule has 1 aromatic heterocycles. The van der Waals surface area contributed by atoms with Crippen molar-refractivity contribution in [3.63, 3.8) is 0 Å². The van der Waals surface area contributed by atoms with Crippen LogP contribution in [0.15, 0.2) is 36.5 Å². The molecule has 0 unspecified atom stereocenters. The Morgan fingerprint density at radius 3 is 2.63 bits per heavy atom. The quantitative estimate of drug-likeness (QED) is 0.783. The number of carbonyl (C=O) groups excluding carboxylic acids is 1. The van der Waals surface area contributed by atoms with E-state index in [0.717, 1.165) is 17.5 Å². The van der Waals surface area contributed by atoms with Gasteiger partial charge in [-0.05, 0) is 29.7 Å². The molecule has 2 rings (SSSR count). The molecule has 0 aliphatic heterocycles. The smallest absolute Gasteiger partial charge is 0.185 e. The third-order valence-electron chi connectivity index (χ3n) is 2.92. The summed E-state index contributed by atoms with van der Waals surface area (Å²) in [5.74, 6) is -0.0402. The molecule has 0 bridgehead atoms. The summed E-state index contributed by atoms with van der Waals surface area (Å²) >= 11 is 12.0. The Hall–Kier alpha value is -1.38. The van der Waals surface area contributed by atoms with E-state index in [0.29, 0.717) is 15.7 Å². The predicted octanol–water partition coefficient (Wildman–Crippen LogP) is 4.38. The standard InChI is InChI=1S/C15H13Cl2NO/c1-2-10-6-4-8-18-15(10)13(19)9-11-5-3-7-12(16)14(11)17/h3-8H,2,9H2,1H3. The molecule has 1 aromatic carbocycles. The van der Waals surface area contributed by atoms with Crippen LogP contribution in [0.2, 0.25) is 10.0 Å². The number of hydrogen-bond acceptors (Lipinski definition) is 2. The maximum absolute atomic E-state index is 12.3. The van der Waals surface area contributed by atoms with Gasteiger partial charge >= 0.3 is 0 Å². The lowest BCUT2D eigenvalue weighted by Gasteiger charge is -2.07. The van der Waals surface area contributed by atoms with E-state index < -0.39 is 0 Å². The number of hydrogen-bond donors (Lipinski definition) is 0. The van der Waals surface area contributed by atoms with Crippen molar-refractivity contribution in [2.24, 2.45) is 0 Å². The first-order valence-electron chi connectivity index (χ1n) is 6.03. The zero-order valence-electron chi connectivity index (χ0n) is 10.5. The van der Waals surface area contributed by atoms with E-state index in [9.17, 15) is 4.79 Å². The summed E-state index contributed by atoms with van der Waals surface area (Å²) in [5, 5.41) is 0.898. The van der Waals surface area contributed by atoms with Gasteiger partial charge in [-0.2, -0.15) is 0 Å². The first kappa shape index (κ1) is 14.0. The molecule has 0 aliphatic carbocycles. The highest BCUT2D eigenvalue weighted by Crippen LogP contribution is 2.26. The highest BCUT2D eigenvalue weighted by Gasteiger charge is 2.14. The number of benzene rings is 1. The van der Waals surface area contributed by atoms with E-state index in [2.05, 4.69) is 4.98 Å². The molecular weight excluding hydrogens is 281 g/mol. The zero-order chi connectivity index (χ0) is 13.8. The van der Waals surface area contributed by atoms with Crippen LogP contribution in [0.3, 0.4) is 0 Å². The van der Waals surface area contributed by atoms with Gasteiger partial charge < -0.3 is 0 Å². The lowest BCUT2D eigenvalue weighted by molar-refractivity contribution is 0.0987. The minimum absolute atomic E-state index is 0.0402. The maximum Gasteiger partial charge on any atom is 0.185 e. The van der Waals surface area contributed by atoms with Crippen molar-refractivity contribution in [3.8, 4) is 0 Å². The topological polar surface area (TPSA) is 30.0 Å². The SMILES string of the molecule is CCc1cccnc1C(=O)Cc1cccc(Cl)c1Cl. The third kappa shape index (κ3) is 3.14. The Kier molecular flexibility index (Phi) is 4.56. The van der Waals surface area contributed by atoms with E-state index in [4.69, 9.17) is 23.2 Å². The molecule has 19 heavy (non-hydrogen) atoms. The van der Waals surface area contributed by atoms with E-state index in [1.807, 2.05) is 19.1 Å². The molecule has 0 saturated heterocycles. The highest BCUT2D eigenvalue weighted by atomic mass is 35.5.